The van der Waals surface area contributed by atoms with E-state index < -0.39 is 0 Å². The number of hydrogen-bond donors (Lipinski definition) is 4. The molecule has 10 heteroatoms. The number of aromatic nitrogens is 1. The highest BCUT2D eigenvalue weighted by molar-refractivity contribution is 7.13. The molecule has 0 saturated carbocycles. The van der Waals surface area contributed by atoms with Crippen LogP contribution in [0.2, 0.25) is 0 Å². The van der Waals surface area contributed by atoms with E-state index >= 15 is 0 Å². The SMILES string of the molecule is CCNC(=NCCNC(=O)c1ccc(O)cc1)NC(C)c1nc(C)c(C(=O)OCC)s1. The molecule has 9 nitrogen and oxygen atoms in total. The van der Waals surface area contributed by atoms with Gasteiger partial charge >= 0.3 is 5.97 Å². The lowest BCUT2D eigenvalue weighted by Gasteiger charge is -2.16. The Balaban J connectivity index is 1.93. The van der Waals surface area contributed by atoms with Gasteiger partial charge in [0.15, 0.2) is 5.96 Å². The number of hydrogen-bond acceptors (Lipinski definition) is 7. The standard InChI is InChI=1S/C21H29N5O4S/c1-5-22-21(24-12-11-23-18(28)15-7-9-16(27)10-8-15)26-14(4)19-25-13(3)17(31-19)20(29)30-6-2/h7-10,14,27H,5-6,11-12H2,1-4H3,(H,23,28)(H2,22,24,26). The molecule has 0 bridgehead atoms. The van der Waals surface area contributed by atoms with Gasteiger partial charge in [0.05, 0.1) is 24.9 Å². The molecule has 0 spiro atoms. The fraction of sp³-hybridized carbons (Fsp3) is 0.429. The summed E-state index contributed by atoms with van der Waals surface area (Å²) in [6.45, 7) is 9.17. The number of aliphatic imine (C=N–C) groups is 1. The molecule has 0 aliphatic rings. The number of carbonyl (C=O) groups is 2. The van der Waals surface area contributed by atoms with Crippen molar-refractivity contribution in [3.05, 3.63) is 45.4 Å². The lowest BCUT2D eigenvalue weighted by atomic mass is 10.2. The van der Waals surface area contributed by atoms with Crippen LogP contribution in [-0.2, 0) is 4.74 Å². The maximum absolute atomic E-state index is 12.1. The van der Waals surface area contributed by atoms with Crippen molar-refractivity contribution in [1.82, 2.24) is 20.9 Å². The molecule has 1 heterocycles. The zero-order valence-corrected chi connectivity index (χ0v) is 19.0. The van der Waals surface area contributed by atoms with Crippen molar-refractivity contribution < 1.29 is 19.4 Å². The normalized spacial score (nSPS) is 12.2. The second-order valence-electron chi connectivity index (χ2n) is 6.62. The molecule has 0 radical (unpaired) electrons. The molecule has 1 aromatic heterocycles. The van der Waals surface area contributed by atoms with Gasteiger partial charge in [0.25, 0.3) is 5.91 Å². The molecular weight excluding hydrogens is 418 g/mol. The predicted octanol–water partition coefficient (Wildman–Crippen LogP) is 2.38. The third-order valence-corrected chi connectivity index (χ3v) is 5.46. The van der Waals surface area contributed by atoms with Crippen LogP contribution in [0.1, 0.15) is 57.5 Å². The number of nitrogens with zero attached hydrogens (tertiary/aromatic N) is 2. The highest BCUT2D eigenvalue weighted by Crippen LogP contribution is 2.24. The minimum absolute atomic E-state index is 0.112. The second kappa shape index (κ2) is 11.9. The van der Waals surface area contributed by atoms with Gasteiger partial charge in [-0.1, -0.05) is 0 Å². The van der Waals surface area contributed by atoms with E-state index in [-0.39, 0.29) is 23.7 Å². The Bertz CT molecular complexity index is 911. The minimum atomic E-state index is -0.360. The Labute approximate surface area is 186 Å². The molecule has 0 saturated heterocycles. The van der Waals surface area contributed by atoms with Crippen LogP contribution in [0, 0.1) is 6.92 Å². The number of carbonyl (C=O) groups excluding carboxylic acids is 2. The third-order valence-electron chi connectivity index (χ3n) is 4.14. The number of esters is 1. The minimum Gasteiger partial charge on any atom is -0.508 e. The lowest BCUT2D eigenvalue weighted by Crippen LogP contribution is -2.39. The highest BCUT2D eigenvalue weighted by atomic mass is 32.1. The molecule has 1 aromatic carbocycles. The van der Waals surface area contributed by atoms with E-state index in [0.717, 1.165) is 5.01 Å². The Morgan fingerprint density at radius 1 is 1.23 bits per heavy atom. The number of phenols is 1. The summed E-state index contributed by atoms with van der Waals surface area (Å²) >= 11 is 1.30. The van der Waals surface area contributed by atoms with Gasteiger partial charge in [0.1, 0.15) is 15.6 Å². The summed E-state index contributed by atoms with van der Waals surface area (Å²) in [4.78, 5) is 33.6. The maximum Gasteiger partial charge on any atom is 0.350 e. The summed E-state index contributed by atoms with van der Waals surface area (Å²) in [5, 5.41) is 19.3. The Morgan fingerprint density at radius 3 is 2.58 bits per heavy atom. The number of amides is 1. The van der Waals surface area contributed by atoms with Crippen LogP contribution in [0.4, 0.5) is 0 Å². The first-order valence-electron chi connectivity index (χ1n) is 10.1. The number of guanidine groups is 1. The number of phenolic OH excluding ortho intramolecular Hbond substituents is 1. The van der Waals surface area contributed by atoms with Crippen LogP contribution in [0.5, 0.6) is 5.75 Å². The number of aromatic hydroxyl groups is 1. The second-order valence-corrected chi connectivity index (χ2v) is 7.65. The summed E-state index contributed by atoms with van der Waals surface area (Å²) in [7, 11) is 0. The van der Waals surface area contributed by atoms with Crippen molar-refractivity contribution in [2.45, 2.75) is 33.7 Å². The Kier molecular flexibility index (Phi) is 9.26. The van der Waals surface area contributed by atoms with Crippen LogP contribution in [-0.4, -0.2) is 54.2 Å². The first-order chi connectivity index (χ1) is 14.8. The van der Waals surface area contributed by atoms with Crippen molar-refractivity contribution in [3.63, 3.8) is 0 Å². The van der Waals surface area contributed by atoms with Gasteiger partial charge in [-0.3, -0.25) is 9.79 Å². The van der Waals surface area contributed by atoms with Gasteiger partial charge in [0, 0.05) is 18.7 Å². The summed E-state index contributed by atoms with van der Waals surface area (Å²) < 4.78 is 5.07. The summed E-state index contributed by atoms with van der Waals surface area (Å²) in [5.74, 6) is 0.105. The van der Waals surface area contributed by atoms with Crippen molar-refractivity contribution in [3.8, 4) is 5.75 Å². The van der Waals surface area contributed by atoms with E-state index in [1.54, 1.807) is 26.0 Å². The molecule has 168 valence electrons. The van der Waals surface area contributed by atoms with Crippen molar-refractivity contribution in [1.29, 1.82) is 0 Å². The quantitative estimate of drug-likeness (QED) is 0.201. The molecule has 31 heavy (non-hydrogen) atoms. The Morgan fingerprint density at radius 2 is 1.94 bits per heavy atom. The smallest absolute Gasteiger partial charge is 0.350 e. The number of thiazole rings is 1. The van der Waals surface area contributed by atoms with E-state index in [1.165, 1.54) is 23.5 Å². The van der Waals surface area contributed by atoms with Crippen molar-refractivity contribution in [2.24, 2.45) is 4.99 Å². The topological polar surface area (TPSA) is 125 Å². The van der Waals surface area contributed by atoms with Crippen LogP contribution in [0.15, 0.2) is 29.3 Å². The zero-order valence-electron chi connectivity index (χ0n) is 18.2. The molecule has 2 aromatic rings. The van der Waals surface area contributed by atoms with Gasteiger partial charge in [-0.2, -0.15) is 0 Å². The fourth-order valence-electron chi connectivity index (χ4n) is 2.63. The van der Waals surface area contributed by atoms with E-state index in [1.807, 2.05) is 13.8 Å². The maximum atomic E-state index is 12.1. The largest absolute Gasteiger partial charge is 0.508 e. The van der Waals surface area contributed by atoms with Gasteiger partial charge in [0.2, 0.25) is 0 Å². The zero-order chi connectivity index (χ0) is 22.8. The van der Waals surface area contributed by atoms with Crippen LogP contribution in [0.25, 0.3) is 0 Å². The van der Waals surface area contributed by atoms with Crippen molar-refractivity contribution in [2.75, 3.05) is 26.2 Å². The van der Waals surface area contributed by atoms with E-state index in [2.05, 4.69) is 25.9 Å². The monoisotopic (exact) mass is 447 g/mol. The molecule has 0 aliphatic heterocycles. The first kappa shape index (κ1) is 24.1. The summed E-state index contributed by atoms with van der Waals surface area (Å²) in [6.07, 6.45) is 0. The molecule has 1 amide bonds. The average molecular weight is 448 g/mol. The van der Waals surface area contributed by atoms with Crippen molar-refractivity contribution >= 4 is 29.2 Å². The molecule has 2 rings (SSSR count). The highest BCUT2D eigenvalue weighted by Gasteiger charge is 2.20. The number of nitrogens with one attached hydrogen (secondary N) is 3. The predicted molar refractivity (Wildman–Crippen MR) is 121 cm³/mol. The lowest BCUT2D eigenvalue weighted by molar-refractivity contribution is 0.0531. The summed E-state index contributed by atoms with van der Waals surface area (Å²) in [5.41, 5.74) is 1.11. The molecule has 4 N–H and O–H groups in total. The van der Waals surface area contributed by atoms with E-state index in [0.29, 0.717) is 48.3 Å². The molecule has 1 unspecified atom stereocenters. The van der Waals surface area contributed by atoms with Crippen LogP contribution in [0.3, 0.4) is 0 Å². The number of rotatable bonds is 9. The molecule has 0 fully saturated rings. The Hall–Kier alpha value is -3.14. The molecule has 0 aliphatic carbocycles. The first-order valence-corrected chi connectivity index (χ1v) is 10.9. The third kappa shape index (κ3) is 7.25. The summed E-state index contributed by atoms with van der Waals surface area (Å²) in [6, 6.07) is 5.88. The number of aryl methyl sites for hydroxylation is 1. The average Bonchev–Trinajstić information content (AvgIpc) is 3.13. The van der Waals surface area contributed by atoms with E-state index in [4.69, 9.17) is 4.74 Å². The van der Waals surface area contributed by atoms with Gasteiger partial charge in [-0.15, -0.1) is 11.3 Å². The van der Waals surface area contributed by atoms with E-state index in [9.17, 15) is 14.7 Å². The number of benzene rings is 1. The molecular formula is C21H29N5O4S. The van der Waals surface area contributed by atoms with Crippen LogP contribution >= 0.6 is 11.3 Å². The van der Waals surface area contributed by atoms with Crippen LogP contribution < -0.4 is 16.0 Å². The van der Waals surface area contributed by atoms with Gasteiger partial charge in [-0.05, 0) is 52.0 Å². The van der Waals surface area contributed by atoms with Gasteiger partial charge in [-0.25, -0.2) is 9.78 Å². The fourth-order valence-corrected chi connectivity index (χ4v) is 3.59. The number of ether oxygens (including phenoxy) is 1. The molecule has 1 atom stereocenters. The van der Waals surface area contributed by atoms with Gasteiger partial charge < -0.3 is 25.8 Å².